The highest BCUT2D eigenvalue weighted by atomic mass is 14.8. The van der Waals surface area contributed by atoms with Gasteiger partial charge in [-0.15, -0.1) is 0 Å². The summed E-state index contributed by atoms with van der Waals surface area (Å²) in [5, 5.41) is 6.95. The van der Waals surface area contributed by atoms with Crippen molar-refractivity contribution in [1.82, 2.24) is 9.97 Å². The van der Waals surface area contributed by atoms with Crippen LogP contribution in [0, 0.1) is 12.3 Å². The molecule has 2 aromatic rings. The number of rotatable bonds is 3. The van der Waals surface area contributed by atoms with Gasteiger partial charge in [-0.05, 0) is 61.7 Å². The summed E-state index contributed by atoms with van der Waals surface area (Å²) in [5.41, 5.74) is 6.09. The molecule has 0 aromatic carbocycles. The monoisotopic (exact) mass is 266 g/mol. The lowest BCUT2D eigenvalue weighted by Crippen LogP contribution is -2.06. The van der Waals surface area contributed by atoms with Crippen LogP contribution in [0.3, 0.4) is 0 Å². The molecular formula is C16H18N4. The Kier molecular flexibility index (Phi) is 4.25. The van der Waals surface area contributed by atoms with E-state index in [4.69, 9.17) is 5.41 Å². The molecule has 0 atom stereocenters. The van der Waals surface area contributed by atoms with Crippen LogP contribution in [0.25, 0.3) is 11.1 Å². The Balaban J connectivity index is 2.42. The first-order valence-electron chi connectivity index (χ1n) is 6.45. The SMILES string of the molecule is C/C(=C(\C)c1cccc(C)n1)c1cc/c(=N/C=N)[nH]c1. The predicted molar refractivity (Wildman–Crippen MR) is 82.3 cm³/mol. The summed E-state index contributed by atoms with van der Waals surface area (Å²) < 4.78 is 0. The average molecular weight is 266 g/mol. The zero-order valence-corrected chi connectivity index (χ0v) is 11.9. The van der Waals surface area contributed by atoms with Crippen molar-refractivity contribution in [2.75, 3.05) is 0 Å². The van der Waals surface area contributed by atoms with Crippen LogP contribution in [0.4, 0.5) is 0 Å². The standard InChI is InChI=1S/C16H18N4/c1-11-5-4-6-15(20-11)13(3)12(2)14-7-8-16(18-9-14)19-10-17/h4-10H,1-3H3,(H2,17,18,19)/b13-12-. The molecular weight excluding hydrogens is 248 g/mol. The Labute approximate surface area is 118 Å². The van der Waals surface area contributed by atoms with Crippen molar-refractivity contribution in [3.8, 4) is 0 Å². The van der Waals surface area contributed by atoms with Gasteiger partial charge in [-0.1, -0.05) is 6.07 Å². The highest BCUT2D eigenvalue weighted by Crippen LogP contribution is 2.23. The Bertz CT molecular complexity index is 703. The van der Waals surface area contributed by atoms with Crippen molar-refractivity contribution < 1.29 is 0 Å². The molecule has 4 heteroatoms. The van der Waals surface area contributed by atoms with E-state index in [1.165, 1.54) is 5.57 Å². The number of hydrogen-bond donors (Lipinski definition) is 2. The number of nitrogens with one attached hydrogen (secondary N) is 2. The van der Waals surface area contributed by atoms with Gasteiger partial charge in [0.2, 0.25) is 0 Å². The maximum absolute atomic E-state index is 6.95. The quantitative estimate of drug-likeness (QED) is 0.650. The van der Waals surface area contributed by atoms with Crippen molar-refractivity contribution >= 4 is 17.5 Å². The molecule has 2 rings (SSSR count). The van der Waals surface area contributed by atoms with Gasteiger partial charge in [0, 0.05) is 11.9 Å². The van der Waals surface area contributed by atoms with Gasteiger partial charge in [0.25, 0.3) is 0 Å². The summed E-state index contributed by atoms with van der Waals surface area (Å²) in [7, 11) is 0. The van der Waals surface area contributed by atoms with Gasteiger partial charge in [-0.3, -0.25) is 10.4 Å². The van der Waals surface area contributed by atoms with Crippen LogP contribution in [-0.4, -0.2) is 16.3 Å². The third-order valence-electron chi connectivity index (χ3n) is 3.27. The lowest BCUT2D eigenvalue weighted by Gasteiger charge is -2.08. The Morgan fingerprint density at radius 3 is 2.60 bits per heavy atom. The van der Waals surface area contributed by atoms with E-state index in [0.717, 1.165) is 28.9 Å². The van der Waals surface area contributed by atoms with Gasteiger partial charge in [0.1, 0.15) is 11.8 Å². The predicted octanol–water partition coefficient (Wildman–Crippen LogP) is 3.18. The Morgan fingerprint density at radius 1 is 1.20 bits per heavy atom. The van der Waals surface area contributed by atoms with E-state index in [-0.39, 0.29) is 0 Å². The molecule has 0 spiro atoms. The summed E-state index contributed by atoms with van der Waals surface area (Å²) in [6, 6.07) is 9.89. The fourth-order valence-electron chi connectivity index (χ4n) is 1.96. The molecule has 0 aliphatic rings. The van der Waals surface area contributed by atoms with Gasteiger partial charge in [-0.25, -0.2) is 4.99 Å². The van der Waals surface area contributed by atoms with Crippen molar-refractivity contribution in [3.05, 3.63) is 59.0 Å². The smallest absolute Gasteiger partial charge is 0.131 e. The van der Waals surface area contributed by atoms with Gasteiger partial charge >= 0.3 is 0 Å². The maximum atomic E-state index is 6.95. The van der Waals surface area contributed by atoms with Crippen molar-refractivity contribution in [3.63, 3.8) is 0 Å². The molecule has 0 aliphatic carbocycles. The molecule has 20 heavy (non-hydrogen) atoms. The Morgan fingerprint density at radius 2 is 2.00 bits per heavy atom. The topological polar surface area (TPSA) is 64.9 Å². The highest BCUT2D eigenvalue weighted by molar-refractivity contribution is 5.87. The van der Waals surface area contributed by atoms with Gasteiger partial charge in [0.05, 0.1) is 5.69 Å². The molecule has 0 aliphatic heterocycles. The zero-order chi connectivity index (χ0) is 14.5. The second-order valence-corrected chi connectivity index (χ2v) is 4.63. The molecule has 102 valence electrons. The lowest BCUT2D eigenvalue weighted by molar-refractivity contribution is 1.15. The van der Waals surface area contributed by atoms with Crippen LogP contribution >= 0.6 is 0 Å². The van der Waals surface area contributed by atoms with E-state index >= 15 is 0 Å². The molecule has 2 heterocycles. The van der Waals surface area contributed by atoms with E-state index in [1.807, 2.05) is 43.5 Å². The Hall–Kier alpha value is -2.49. The lowest BCUT2D eigenvalue weighted by atomic mass is 10.0. The molecule has 2 N–H and O–H groups in total. The second kappa shape index (κ2) is 6.10. The second-order valence-electron chi connectivity index (χ2n) is 4.63. The van der Waals surface area contributed by atoms with Gasteiger partial charge in [-0.2, -0.15) is 0 Å². The van der Waals surface area contributed by atoms with Crippen LogP contribution in [0.1, 0.15) is 30.8 Å². The van der Waals surface area contributed by atoms with Crippen molar-refractivity contribution in [1.29, 1.82) is 5.41 Å². The summed E-state index contributed by atoms with van der Waals surface area (Å²) >= 11 is 0. The van der Waals surface area contributed by atoms with Crippen molar-refractivity contribution in [2.45, 2.75) is 20.8 Å². The van der Waals surface area contributed by atoms with Crippen LogP contribution in [0.5, 0.6) is 0 Å². The van der Waals surface area contributed by atoms with Crippen molar-refractivity contribution in [2.24, 2.45) is 4.99 Å². The third-order valence-corrected chi connectivity index (χ3v) is 3.27. The largest absolute Gasteiger partial charge is 0.346 e. The normalized spacial score (nSPS) is 13.1. The molecule has 0 saturated heterocycles. The molecule has 4 nitrogen and oxygen atoms in total. The molecule has 0 radical (unpaired) electrons. The van der Waals surface area contributed by atoms with E-state index < -0.39 is 0 Å². The molecule has 0 amide bonds. The molecule has 0 unspecified atom stereocenters. The van der Waals surface area contributed by atoms with E-state index in [2.05, 4.69) is 28.8 Å². The van der Waals surface area contributed by atoms with E-state index in [9.17, 15) is 0 Å². The zero-order valence-electron chi connectivity index (χ0n) is 11.9. The highest BCUT2D eigenvalue weighted by Gasteiger charge is 2.04. The van der Waals surface area contributed by atoms with E-state index in [1.54, 1.807) is 0 Å². The first-order chi connectivity index (χ1) is 9.61. The number of aromatic nitrogens is 2. The summed E-state index contributed by atoms with van der Waals surface area (Å²) in [5.74, 6) is 0. The molecule has 0 fully saturated rings. The number of aryl methyl sites for hydroxylation is 1. The minimum absolute atomic E-state index is 0.669. The number of allylic oxidation sites excluding steroid dienone is 2. The van der Waals surface area contributed by atoms with Crippen LogP contribution in [-0.2, 0) is 0 Å². The molecule has 0 bridgehead atoms. The maximum Gasteiger partial charge on any atom is 0.131 e. The summed E-state index contributed by atoms with van der Waals surface area (Å²) in [6.45, 7) is 6.15. The number of aromatic amines is 1. The first kappa shape index (κ1) is 13.9. The van der Waals surface area contributed by atoms with Gasteiger partial charge < -0.3 is 4.98 Å². The minimum Gasteiger partial charge on any atom is -0.346 e. The number of nitrogens with zero attached hydrogens (tertiary/aromatic N) is 2. The van der Waals surface area contributed by atoms with Crippen LogP contribution in [0.2, 0.25) is 0 Å². The van der Waals surface area contributed by atoms with Crippen LogP contribution in [0.15, 0.2) is 41.5 Å². The summed E-state index contributed by atoms with van der Waals surface area (Å²) in [6.07, 6.45) is 2.92. The summed E-state index contributed by atoms with van der Waals surface area (Å²) in [4.78, 5) is 11.5. The molecule has 0 saturated carbocycles. The minimum atomic E-state index is 0.669. The fraction of sp³-hybridized carbons (Fsp3) is 0.188. The van der Waals surface area contributed by atoms with E-state index in [0.29, 0.717) is 5.49 Å². The van der Waals surface area contributed by atoms with Crippen LogP contribution < -0.4 is 5.49 Å². The number of hydrogen-bond acceptors (Lipinski definition) is 2. The fourth-order valence-corrected chi connectivity index (χ4v) is 1.96. The molecule has 2 aromatic heterocycles. The first-order valence-corrected chi connectivity index (χ1v) is 6.45. The average Bonchev–Trinajstić information content (AvgIpc) is 2.47. The van der Waals surface area contributed by atoms with Gasteiger partial charge in [0.15, 0.2) is 0 Å². The number of H-pyrrole nitrogens is 1. The third kappa shape index (κ3) is 3.09. The number of pyridine rings is 2.